The minimum atomic E-state index is -0.434. The second kappa shape index (κ2) is 10.4. The largest absolute Gasteiger partial charge is 0.444 e. The molecule has 0 spiro atoms. The number of nitrogens with one attached hydrogen (secondary N) is 2. The minimum absolute atomic E-state index is 0.333. The summed E-state index contributed by atoms with van der Waals surface area (Å²) < 4.78 is 5.23. The molecule has 1 atom stereocenters. The zero-order valence-corrected chi connectivity index (χ0v) is 13.9. The molecule has 0 aliphatic heterocycles. The van der Waals surface area contributed by atoms with Crippen LogP contribution in [0.25, 0.3) is 0 Å². The Kier molecular flexibility index (Phi) is 10.1. The fourth-order valence-electron chi connectivity index (χ4n) is 1.67. The van der Waals surface area contributed by atoms with Crippen molar-refractivity contribution >= 4 is 17.9 Å². The van der Waals surface area contributed by atoms with Crippen LogP contribution in [0.4, 0.5) is 4.79 Å². The molecule has 2 N–H and O–H groups in total. The Morgan fingerprint density at radius 1 is 1.37 bits per heavy atom. The summed E-state index contributed by atoms with van der Waals surface area (Å²) in [5.74, 6) is 1.17. The first-order valence-corrected chi connectivity index (χ1v) is 8.47. The molecule has 0 bridgehead atoms. The van der Waals surface area contributed by atoms with Gasteiger partial charge in [0.15, 0.2) is 0 Å². The topological polar surface area (TPSA) is 50.4 Å². The Morgan fingerprint density at radius 3 is 2.58 bits per heavy atom. The predicted octanol–water partition coefficient (Wildman–Crippen LogP) is 3.02. The normalized spacial score (nSPS) is 13.1. The third-order valence-corrected chi connectivity index (χ3v) is 3.18. The summed E-state index contributed by atoms with van der Waals surface area (Å²) in [5.41, 5.74) is -0.434. The van der Waals surface area contributed by atoms with Crippen LogP contribution in [0.3, 0.4) is 0 Å². The van der Waals surface area contributed by atoms with E-state index in [2.05, 4.69) is 23.8 Å². The minimum Gasteiger partial charge on any atom is -0.444 e. The molecule has 5 heteroatoms. The molecule has 0 heterocycles. The maximum absolute atomic E-state index is 11.6. The molecule has 0 aliphatic carbocycles. The van der Waals surface area contributed by atoms with Gasteiger partial charge in [-0.25, -0.2) is 4.79 Å². The lowest BCUT2D eigenvalue weighted by molar-refractivity contribution is 0.0522. The molecule has 1 amide bonds. The van der Waals surface area contributed by atoms with Crippen LogP contribution in [-0.4, -0.2) is 42.8 Å². The molecule has 4 nitrogen and oxygen atoms in total. The van der Waals surface area contributed by atoms with Gasteiger partial charge in [-0.1, -0.05) is 13.3 Å². The van der Waals surface area contributed by atoms with E-state index in [1.165, 1.54) is 5.75 Å². The van der Waals surface area contributed by atoms with Gasteiger partial charge in [0.05, 0.1) is 0 Å². The molecule has 0 saturated heterocycles. The van der Waals surface area contributed by atoms with Gasteiger partial charge in [-0.3, -0.25) is 0 Å². The number of carbonyl (C=O) groups is 1. The highest BCUT2D eigenvalue weighted by atomic mass is 32.2. The molecule has 0 aromatic carbocycles. The summed E-state index contributed by atoms with van der Waals surface area (Å²) in [6.07, 6.45) is 5.12. The van der Waals surface area contributed by atoms with Gasteiger partial charge in [-0.2, -0.15) is 11.8 Å². The summed E-state index contributed by atoms with van der Waals surface area (Å²) in [7, 11) is 0. The highest BCUT2D eigenvalue weighted by molar-refractivity contribution is 7.98. The van der Waals surface area contributed by atoms with Gasteiger partial charge in [0, 0.05) is 12.6 Å². The monoisotopic (exact) mass is 290 g/mol. The van der Waals surface area contributed by atoms with Crippen molar-refractivity contribution < 1.29 is 9.53 Å². The SMILES string of the molecule is CCCC(CNC(=O)OC(C)(C)C)NCCCSC. The number of amides is 1. The standard InChI is InChI=1S/C14H30N2O2S/c1-6-8-12(15-9-7-10-19-5)11-16-13(17)18-14(2,3)4/h12,15H,6-11H2,1-5H3,(H,16,17). The van der Waals surface area contributed by atoms with Gasteiger partial charge in [0.2, 0.25) is 0 Å². The molecule has 0 fully saturated rings. The van der Waals surface area contributed by atoms with E-state index in [4.69, 9.17) is 4.74 Å². The van der Waals surface area contributed by atoms with Crippen LogP contribution in [0.15, 0.2) is 0 Å². The Balaban J connectivity index is 3.89. The van der Waals surface area contributed by atoms with E-state index in [1.807, 2.05) is 32.5 Å². The van der Waals surface area contributed by atoms with Gasteiger partial charge in [0.1, 0.15) is 5.60 Å². The summed E-state index contributed by atoms with van der Waals surface area (Å²) in [5, 5.41) is 6.33. The molecule has 0 saturated carbocycles. The maximum Gasteiger partial charge on any atom is 0.407 e. The fourth-order valence-corrected chi connectivity index (χ4v) is 2.10. The van der Waals surface area contributed by atoms with Crippen LogP contribution in [0.5, 0.6) is 0 Å². The molecule has 19 heavy (non-hydrogen) atoms. The highest BCUT2D eigenvalue weighted by Gasteiger charge is 2.17. The number of rotatable bonds is 9. The van der Waals surface area contributed by atoms with E-state index in [0.717, 1.165) is 25.8 Å². The molecular formula is C14H30N2O2S. The third kappa shape index (κ3) is 12.4. The van der Waals surface area contributed by atoms with E-state index < -0.39 is 5.60 Å². The molecule has 1 unspecified atom stereocenters. The first kappa shape index (κ1) is 18.6. The third-order valence-electron chi connectivity index (χ3n) is 2.49. The summed E-state index contributed by atoms with van der Waals surface area (Å²) in [6, 6.07) is 0.333. The lowest BCUT2D eigenvalue weighted by atomic mass is 10.1. The van der Waals surface area contributed by atoms with E-state index >= 15 is 0 Å². The first-order chi connectivity index (χ1) is 8.89. The average molecular weight is 290 g/mol. The number of ether oxygens (including phenoxy) is 1. The van der Waals surface area contributed by atoms with Crippen molar-refractivity contribution in [3.8, 4) is 0 Å². The summed E-state index contributed by atoms with van der Waals surface area (Å²) in [4.78, 5) is 11.6. The van der Waals surface area contributed by atoms with Crippen molar-refractivity contribution in [1.29, 1.82) is 0 Å². The maximum atomic E-state index is 11.6. The number of hydrogen-bond acceptors (Lipinski definition) is 4. The lowest BCUT2D eigenvalue weighted by Gasteiger charge is -2.22. The van der Waals surface area contributed by atoms with Crippen molar-refractivity contribution in [1.82, 2.24) is 10.6 Å². The fraction of sp³-hybridized carbons (Fsp3) is 0.929. The number of alkyl carbamates (subject to hydrolysis) is 1. The Bertz CT molecular complexity index is 242. The Morgan fingerprint density at radius 2 is 2.05 bits per heavy atom. The van der Waals surface area contributed by atoms with Crippen LogP contribution in [0.2, 0.25) is 0 Å². The second-order valence-corrected chi connectivity index (χ2v) is 6.65. The van der Waals surface area contributed by atoms with Crippen molar-refractivity contribution in [2.45, 2.75) is 58.6 Å². The van der Waals surface area contributed by atoms with Crippen molar-refractivity contribution in [3.05, 3.63) is 0 Å². The van der Waals surface area contributed by atoms with Gasteiger partial charge >= 0.3 is 6.09 Å². The quantitative estimate of drug-likeness (QED) is 0.641. The van der Waals surface area contributed by atoms with Crippen molar-refractivity contribution in [2.24, 2.45) is 0 Å². The Labute approximate surface area is 122 Å². The van der Waals surface area contributed by atoms with Crippen molar-refractivity contribution in [3.63, 3.8) is 0 Å². The molecule has 0 aliphatic rings. The van der Waals surface area contributed by atoms with Gasteiger partial charge in [-0.05, 0) is 52.2 Å². The molecule has 0 rings (SSSR count). The number of thioether (sulfide) groups is 1. The second-order valence-electron chi connectivity index (χ2n) is 5.67. The van der Waals surface area contributed by atoms with Gasteiger partial charge in [0.25, 0.3) is 0 Å². The number of hydrogen-bond donors (Lipinski definition) is 2. The van der Waals surface area contributed by atoms with Crippen LogP contribution in [0, 0.1) is 0 Å². The molecule has 0 aromatic rings. The van der Waals surface area contributed by atoms with Gasteiger partial charge in [-0.15, -0.1) is 0 Å². The van der Waals surface area contributed by atoms with Crippen molar-refractivity contribution in [2.75, 3.05) is 25.1 Å². The summed E-state index contributed by atoms with van der Waals surface area (Å²) in [6.45, 7) is 9.40. The predicted molar refractivity (Wildman–Crippen MR) is 83.9 cm³/mol. The van der Waals surface area contributed by atoms with Gasteiger partial charge < -0.3 is 15.4 Å². The Hall–Kier alpha value is -0.420. The van der Waals surface area contributed by atoms with E-state index in [1.54, 1.807) is 0 Å². The van der Waals surface area contributed by atoms with E-state index in [-0.39, 0.29) is 6.09 Å². The van der Waals surface area contributed by atoms with Crippen LogP contribution < -0.4 is 10.6 Å². The molecule has 0 radical (unpaired) electrons. The average Bonchev–Trinajstić information content (AvgIpc) is 2.29. The van der Waals surface area contributed by atoms with Crippen LogP contribution >= 0.6 is 11.8 Å². The first-order valence-electron chi connectivity index (χ1n) is 7.08. The van der Waals surface area contributed by atoms with E-state index in [9.17, 15) is 4.79 Å². The number of carbonyl (C=O) groups excluding carboxylic acids is 1. The van der Waals surface area contributed by atoms with Crippen LogP contribution in [0.1, 0.15) is 47.0 Å². The zero-order valence-electron chi connectivity index (χ0n) is 13.0. The summed E-state index contributed by atoms with van der Waals surface area (Å²) >= 11 is 1.86. The smallest absolute Gasteiger partial charge is 0.407 e. The molecule has 0 aromatic heterocycles. The molecule has 114 valence electrons. The molecular weight excluding hydrogens is 260 g/mol. The highest BCUT2D eigenvalue weighted by Crippen LogP contribution is 2.06. The van der Waals surface area contributed by atoms with Crippen LogP contribution in [-0.2, 0) is 4.74 Å². The zero-order chi connectivity index (χ0) is 14.7. The van der Waals surface area contributed by atoms with E-state index in [0.29, 0.717) is 12.6 Å². The lowest BCUT2D eigenvalue weighted by Crippen LogP contribution is -2.43.